The van der Waals surface area contributed by atoms with Gasteiger partial charge in [0.15, 0.2) is 0 Å². The summed E-state index contributed by atoms with van der Waals surface area (Å²) in [4.78, 5) is 9.44. The van der Waals surface area contributed by atoms with Crippen LogP contribution in [0.4, 0.5) is 0 Å². The van der Waals surface area contributed by atoms with Gasteiger partial charge in [-0.1, -0.05) is 17.3 Å². The van der Waals surface area contributed by atoms with E-state index in [-0.39, 0.29) is 0 Å². The van der Waals surface area contributed by atoms with E-state index in [1.165, 1.54) is 44.3 Å². The van der Waals surface area contributed by atoms with E-state index in [0.29, 0.717) is 0 Å². The largest absolute Gasteiger partial charge is 0.459 e. The highest BCUT2D eigenvalue weighted by atomic mass is 16.4. The molecule has 34 heavy (non-hydrogen) atoms. The zero-order valence-electron chi connectivity index (χ0n) is 19.6. The molecule has 3 aliphatic rings. The molecule has 0 bridgehead atoms. The Morgan fingerprint density at radius 2 is 1.71 bits per heavy atom. The summed E-state index contributed by atoms with van der Waals surface area (Å²) in [7, 11) is 0. The van der Waals surface area contributed by atoms with Gasteiger partial charge in [0.05, 0.1) is 12.3 Å². The number of nitrogens with zero attached hydrogens (tertiary/aromatic N) is 4. The zero-order valence-corrected chi connectivity index (χ0v) is 19.6. The molecule has 0 amide bonds. The van der Waals surface area contributed by atoms with Crippen molar-refractivity contribution in [3.63, 3.8) is 0 Å². The molecular weight excluding hydrogens is 424 g/mol. The summed E-state index contributed by atoms with van der Waals surface area (Å²) in [6.07, 6.45) is 10.6. The Balaban J connectivity index is 1.26. The lowest BCUT2D eigenvalue weighted by Crippen LogP contribution is -2.43. The number of rotatable bonds is 5. The van der Waals surface area contributed by atoms with Crippen LogP contribution < -0.4 is 0 Å². The molecule has 6 rings (SSSR count). The molecular formula is C28H32N4O2. The first-order valence-electron chi connectivity index (χ1n) is 12.6. The van der Waals surface area contributed by atoms with Crippen molar-refractivity contribution in [2.75, 3.05) is 26.2 Å². The topological polar surface area (TPSA) is 65.1 Å². The minimum Gasteiger partial charge on any atom is -0.459 e. The Bertz CT molecular complexity index is 1170. The van der Waals surface area contributed by atoms with E-state index >= 15 is 0 Å². The highest BCUT2D eigenvalue weighted by molar-refractivity contribution is 6.04. The molecule has 2 aliphatic heterocycles. The van der Waals surface area contributed by atoms with Crippen LogP contribution in [0, 0.1) is 0 Å². The molecule has 0 spiro atoms. The summed E-state index contributed by atoms with van der Waals surface area (Å²) < 4.78 is 6.55. The average molecular weight is 457 g/mol. The molecule has 3 aromatic rings. The number of likely N-dealkylation sites (tertiary alicyclic amines) is 2. The van der Waals surface area contributed by atoms with E-state index in [1.807, 2.05) is 24.5 Å². The van der Waals surface area contributed by atoms with Gasteiger partial charge in [0, 0.05) is 48.2 Å². The van der Waals surface area contributed by atoms with Crippen molar-refractivity contribution in [1.29, 1.82) is 0 Å². The molecule has 0 radical (unpaired) electrons. The number of aromatic nitrogens is 1. The number of aryl methyl sites for hydroxylation is 1. The highest BCUT2D eigenvalue weighted by Gasteiger charge is 2.27. The Hall–Kier alpha value is -2.96. The zero-order chi connectivity index (χ0) is 22.9. The fraction of sp³-hybridized carbons (Fsp3) is 0.429. The molecule has 1 aliphatic carbocycles. The molecule has 4 heterocycles. The third-order valence-corrected chi connectivity index (χ3v) is 7.80. The lowest BCUT2D eigenvalue weighted by molar-refractivity contribution is 0.118. The number of fused-ring (bicyclic) bond motifs is 1. The van der Waals surface area contributed by atoms with Crippen LogP contribution in [0.25, 0.3) is 22.5 Å². The van der Waals surface area contributed by atoms with Crippen molar-refractivity contribution < 1.29 is 9.62 Å². The molecule has 6 heteroatoms. The first-order valence-corrected chi connectivity index (χ1v) is 12.6. The lowest BCUT2D eigenvalue weighted by Gasteiger charge is -2.36. The van der Waals surface area contributed by atoms with Gasteiger partial charge in [-0.05, 0) is 87.0 Å². The highest BCUT2D eigenvalue weighted by Crippen LogP contribution is 2.38. The van der Waals surface area contributed by atoms with Crippen molar-refractivity contribution in [1.82, 2.24) is 14.8 Å². The maximum absolute atomic E-state index is 9.29. The van der Waals surface area contributed by atoms with Crippen LogP contribution in [0.1, 0.15) is 49.0 Å². The van der Waals surface area contributed by atoms with Crippen LogP contribution >= 0.6 is 0 Å². The van der Waals surface area contributed by atoms with Crippen LogP contribution in [0.15, 0.2) is 58.4 Å². The minimum absolute atomic E-state index is 0.761. The van der Waals surface area contributed by atoms with Crippen LogP contribution in [0.2, 0.25) is 0 Å². The molecule has 0 atom stereocenters. The van der Waals surface area contributed by atoms with Crippen LogP contribution in [-0.4, -0.2) is 57.9 Å². The number of furan rings is 1. The number of benzene rings is 1. The van der Waals surface area contributed by atoms with Gasteiger partial charge in [0.1, 0.15) is 11.5 Å². The van der Waals surface area contributed by atoms with E-state index in [0.717, 1.165) is 78.0 Å². The fourth-order valence-electron chi connectivity index (χ4n) is 5.96. The van der Waals surface area contributed by atoms with E-state index < -0.39 is 0 Å². The van der Waals surface area contributed by atoms with E-state index in [4.69, 9.17) is 4.42 Å². The van der Waals surface area contributed by atoms with Gasteiger partial charge in [0.2, 0.25) is 0 Å². The summed E-state index contributed by atoms with van der Waals surface area (Å²) in [5.74, 6) is 1.92. The molecule has 2 fully saturated rings. The number of hydrogen-bond acceptors (Lipinski definition) is 6. The van der Waals surface area contributed by atoms with Gasteiger partial charge in [-0.2, -0.15) is 0 Å². The van der Waals surface area contributed by atoms with Crippen molar-refractivity contribution in [3.05, 3.63) is 65.7 Å². The maximum Gasteiger partial charge on any atom is 0.142 e. The molecule has 0 unspecified atom stereocenters. The van der Waals surface area contributed by atoms with E-state index in [9.17, 15) is 5.21 Å². The summed E-state index contributed by atoms with van der Waals surface area (Å²) in [6.45, 7) is 5.67. The average Bonchev–Trinajstić information content (AvgIpc) is 3.64. The second-order valence-electron chi connectivity index (χ2n) is 9.86. The number of piperidine rings is 1. The number of hydrogen-bond donors (Lipinski definition) is 1. The third kappa shape index (κ3) is 4.17. The van der Waals surface area contributed by atoms with Gasteiger partial charge in [-0.15, -0.1) is 0 Å². The summed E-state index contributed by atoms with van der Waals surface area (Å²) in [5.41, 5.74) is 6.33. The Kier molecular flexibility index (Phi) is 5.93. The standard InChI is InChI=1S/C28H32N4O2/c33-30-27-6-4-21-17-22(3-5-25(21)27)28-26(20-7-11-29-12-8-20)18-24(34-28)19-31-15-9-23(10-16-31)32-13-1-2-14-32/h3,5,7-8,11-12,17-18,23,33H,1-2,4,6,9-10,13-16,19H2/b30-27-. The monoisotopic (exact) mass is 456 g/mol. The molecule has 176 valence electrons. The van der Waals surface area contributed by atoms with Gasteiger partial charge in [-0.3, -0.25) is 9.88 Å². The maximum atomic E-state index is 9.29. The van der Waals surface area contributed by atoms with Crippen LogP contribution in [-0.2, 0) is 13.0 Å². The molecule has 2 saturated heterocycles. The van der Waals surface area contributed by atoms with Gasteiger partial charge in [0.25, 0.3) is 0 Å². The Labute approximate surface area is 200 Å². The fourth-order valence-corrected chi connectivity index (χ4v) is 5.96. The van der Waals surface area contributed by atoms with Crippen molar-refractivity contribution in [2.45, 2.75) is 51.1 Å². The first-order chi connectivity index (χ1) is 16.8. The Morgan fingerprint density at radius 3 is 2.47 bits per heavy atom. The van der Waals surface area contributed by atoms with Crippen LogP contribution in [0.3, 0.4) is 0 Å². The molecule has 1 N–H and O–H groups in total. The summed E-state index contributed by atoms with van der Waals surface area (Å²) >= 11 is 0. The van der Waals surface area contributed by atoms with Crippen LogP contribution in [0.5, 0.6) is 0 Å². The smallest absolute Gasteiger partial charge is 0.142 e. The third-order valence-electron chi connectivity index (χ3n) is 7.80. The predicted molar refractivity (Wildman–Crippen MR) is 133 cm³/mol. The minimum atomic E-state index is 0.761. The van der Waals surface area contributed by atoms with E-state index in [2.05, 4.69) is 44.2 Å². The lowest BCUT2D eigenvalue weighted by atomic mass is 9.99. The van der Waals surface area contributed by atoms with Crippen molar-refractivity contribution in [3.8, 4) is 22.5 Å². The van der Waals surface area contributed by atoms with Gasteiger partial charge in [-0.25, -0.2) is 0 Å². The van der Waals surface area contributed by atoms with E-state index in [1.54, 1.807) is 0 Å². The molecule has 1 aromatic carbocycles. The van der Waals surface area contributed by atoms with Gasteiger partial charge < -0.3 is 14.5 Å². The summed E-state index contributed by atoms with van der Waals surface area (Å²) in [5, 5.41) is 12.8. The van der Waals surface area contributed by atoms with Gasteiger partial charge >= 0.3 is 0 Å². The second kappa shape index (κ2) is 9.35. The quantitative estimate of drug-likeness (QED) is 0.423. The predicted octanol–water partition coefficient (Wildman–Crippen LogP) is 5.19. The Morgan fingerprint density at radius 1 is 0.912 bits per heavy atom. The van der Waals surface area contributed by atoms with Crippen molar-refractivity contribution >= 4 is 5.71 Å². The normalized spacial score (nSPS) is 20.9. The number of pyridine rings is 1. The molecule has 0 saturated carbocycles. The second-order valence-corrected chi connectivity index (χ2v) is 9.86. The molecule has 2 aromatic heterocycles. The molecule has 6 nitrogen and oxygen atoms in total. The summed E-state index contributed by atoms with van der Waals surface area (Å²) in [6, 6.07) is 13.4. The SMILES string of the molecule is O/N=C1/CCc2cc(-c3oc(CN4CCC(N5CCCC5)CC4)cc3-c3ccncc3)ccc21. The number of oxime groups is 1. The van der Waals surface area contributed by atoms with Crippen molar-refractivity contribution in [2.24, 2.45) is 5.16 Å². The first kappa shape index (κ1) is 21.6.